The summed E-state index contributed by atoms with van der Waals surface area (Å²) in [6.45, 7) is 0.309. The van der Waals surface area contributed by atoms with Gasteiger partial charge in [-0.2, -0.15) is 13.2 Å². The molecule has 0 bridgehead atoms. The number of nitro benzene ring substituents is 1. The number of benzene rings is 2. The number of carbonyl (C=O) groups excluding carboxylic acids is 1. The molecule has 0 aliphatic carbocycles. The molecular formula is C17H16F3N3O3. The Morgan fingerprint density at radius 2 is 1.69 bits per heavy atom. The van der Waals surface area contributed by atoms with Gasteiger partial charge in [-0.15, -0.1) is 0 Å². The number of hydrogen-bond donors (Lipinski definition) is 1. The van der Waals surface area contributed by atoms with Crippen LogP contribution in [0.5, 0.6) is 0 Å². The fourth-order valence-electron chi connectivity index (χ4n) is 2.28. The minimum atomic E-state index is -4.38. The third-order valence-corrected chi connectivity index (χ3v) is 3.51. The molecule has 1 N–H and O–H groups in total. The zero-order valence-electron chi connectivity index (χ0n) is 13.8. The standard InChI is InChI=1S/C17H16F3N3O3/c1-22(10-12-2-4-13(5-3-12)17(18,19)20)11-16(24)21-14-6-8-15(9-7-14)23(25)26/h2-9H,10-11H2,1H3,(H,21,24). The molecule has 2 aromatic rings. The molecule has 0 heterocycles. The molecule has 0 fully saturated rings. The Hall–Kier alpha value is -2.94. The topological polar surface area (TPSA) is 75.5 Å². The molecule has 0 spiro atoms. The van der Waals surface area contributed by atoms with Gasteiger partial charge in [-0.25, -0.2) is 0 Å². The Morgan fingerprint density at radius 1 is 1.12 bits per heavy atom. The predicted molar refractivity (Wildman–Crippen MR) is 89.5 cm³/mol. The zero-order chi connectivity index (χ0) is 19.3. The summed E-state index contributed by atoms with van der Waals surface area (Å²) in [7, 11) is 1.66. The second-order valence-electron chi connectivity index (χ2n) is 5.72. The predicted octanol–water partition coefficient (Wildman–Crippen LogP) is 3.68. The summed E-state index contributed by atoms with van der Waals surface area (Å²) >= 11 is 0. The van der Waals surface area contributed by atoms with Crippen molar-refractivity contribution in [3.05, 3.63) is 69.8 Å². The molecule has 0 saturated carbocycles. The highest BCUT2D eigenvalue weighted by Gasteiger charge is 2.29. The van der Waals surface area contributed by atoms with E-state index in [9.17, 15) is 28.1 Å². The second kappa shape index (κ2) is 7.96. The number of halogens is 3. The molecule has 0 aromatic heterocycles. The van der Waals surface area contributed by atoms with Crippen molar-refractivity contribution < 1.29 is 22.9 Å². The van der Waals surface area contributed by atoms with Crippen LogP contribution in [-0.2, 0) is 17.5 Å². The van der Waals surface area contributed by atoms with Gasteiger partial charge in [-0.3, -0.25) is 19.8 Å². The summed E-state index contributed by atoms with van der Waals surface area (Å²) in [5.41, 5.74) is 0.259. The molecule has 0 saturated heterocycles. The van der Waals surface area contributed by atoms with Crippen LogP contribution >= 0.6 is 0 Å². The number of rotatable bonds is 6. The summed E-state index contributed by atoms with van der Waals surface area (Å²) in [4.78, 5) is 23.7. The SMILES string of the molecule is CN(CC(=O)Nc1ccc([N+](=O)[O-])cc1)Cc1ccc(C(F)(F)F)cc1. The van der Waals surface area contributed by atoms with Crippen LogP contribution in [0.2, 0.25) is 0 Å². The van der Waals surface area contributed by atoms with Gasteiger partial charge >= 0.3 is 6.18 Å². The largest absolute Gasteiger partial charge is 0.416 e. The normalized spacial score (nSPS) is 11.4. The molecule has 26 heavy (non-hydrogen) atoms. The molecule has 2 rings (SSSR count). The maximum absolute atomic E-state index is 12.5. The summed E-state index contributed by atoms with van der Waals surface area (Å²) in [6.07, 6.45) is -4.38. The first-order chi connectivity index (χ1) is 12.1. The van der Waals surface area contributed by atoms with Crippen LogP contribution in [0.4, 0.5) is 24.5 Å². The van der Waals surface area contributed by atoms with E-state index in [0.29, 0.717) is 17.8 Å². The number of anilines is 1. The second-order valence-corrected chi connectivity index (χ2v) is 5.72. The third-order valence-electron chi connectivity index (χ3n) is 3.51. The van der Waals surface area contributed by atoms with Crippen molar-refractivity contribution in [1.82, 2.24) is 4.90 Å². The van der Waals surface area contributed by atoms with E-state index in [-0.39, 0.29) is 18.1 Å². The minimum absolute atomic E-state index is 0.0119. The maximum atomic E-state index is 12.5. The lowest BCUT2D eigenvalue weighted by Crippen LogP contribution is -2.29. The van der Waals surface area contributed by atoms with Gasteiger partial charge in [0.05, 0.1) is 17.0 Å². The Kier molecular flexibility index (Phi) is 5.93. The van der Waals surface area contributed by atoms with E-state index >= 15 is 0 Å². The fraction of sp³-hybridized carbons (Fsp3) is 0.235. The highest BCUT2D eigenvalue weighted by atomic mass is 19.4. The lowest BCUT2D eigenvalue weighted by Gasteiger charge is -2.17. The Labute approximate surface area is 147 Å². The van der Waals surface area contributed by atoms with Gasteiger partial charge in [0.2, 0.25) is 5.91 Å². The average molecular weight is 367 g/mol. The molecule has 0 aliphatic heterocycles. The summed E-state index contributed by atoms with van der Waals surface area (Å²) in [6, 6.07) is 10.1. The van der Waals surface area contributed by atoms with Crippen molar-refractivity contribution in [2.45, 2.75) is 12.7 Å². The van der Waals surface area contributed by atoms with E-state index in [1.807, 2.05) is 0 Å². The van der Waals surface area contributed by atoms with Gasteiger partial charge in [0.1, 0.15) is 0 Å². The lowest BCUT2D eigenvalue weighted by molar-refractivity contribution is -0.384. The Bertz CT molecular complexity index is 775. The molecular weight excluding hydrogens is 351 g/mol. The van der Waals surface area contributed by atoms with E-state index in [1.165, 1.54) is 36.4 Å². The van der Waals surface area contributed by atoms with Gasteiger partial charge in [-0.05, 0) is 36.9 Å². The smallest absolute Gasteiger partial charge is 0.325 e. The maximum Gasteiger partial charge on any atom is 0.416 e. The number of nitrogens with zero attached hydrogens (tertiary/aromatic N) is 2. The quantitative estimate of drug-likeness (QED) is 0.624. The monoisotopic (exact) mass is 367 g/mol. The molecule has 1 amide bonds. The number of carbonyl (C=O) groups is 1. The number of alkyl halides is 3. The van der Waals surface area contributed by atoms with E-state index in [4.69, 9.17) is 0 Å². The average Bonchev–Trinajstić information content (AvgIpc) is 2.54. The van der Waals surface area contributed by atoms with Crippen LogP contribution in [-0.4, -0.2) is 29.3 Å². The molecule has 138 valence electrons. The van der Waals surface area contributed by atoms with Crippen molar-refractivity contribution >= 4 is 17.3 Å². The molecule has 2 aromatic carbocycles. The van der Waals surface area contributed by atoms with Gasteiger partial charge in [0.25, 0.3) is 5.69 Å². The van der Waals surface area contributed by atoms with Crippen LogP contribution < -0.4 is 5.32 Å². The first kappa shape index (κ1) is 19.4. The van der Waals surface area contributed by atoms with Gasteiger partial charge in [0, 0.05) is 24.4 Å². The Morgan fingerprint density at radius 3 is 2.19 bits per heavy atom. The lowest BCUT2D eigenvalue weighted by atomic mass is 10.1. The zero-order valence-corrected chi connectivity index (χ0v) is 13.8. The van der Waals surface area contributed by atoms with Crippen LogP contribution in [0, 0.1) is 10.1 Å². The van der Waals surface area contributed by atoms with Crippen LogP contribution in [0.1, 0.15) is 11.1 Å². The van der Waals surface area contributed by atoms with Crippen LogP contribution in [0.3, 0.4) is 0 Å². The molecule has 0 radical (unpaired) electrons. The first-order valence-corrected chi connectivity index (χ1v) is 7.54. The van der Waals surface area contributed by atoms with Crippen molar-refractivity contribution in [3.63, 3.8) is 0 Å². The molecule has 0 unspecified atom stereocenters. The summed E-state index contributed by atoms with van der Waals surface area (Å²) < 4.78 is 37.6. The fourth-order valence-corrected chi connectivity index (χ4v) is 2.28. The van der Waals surface area contributed by atoms with Crippen molar-refractivity contribution in [3.8, 4) is 0 Å². The number of non-ortho nitro benzene ring substituents is 1. The highest BCUT2D eigenvalue weighted by molar-refractivity contribution is 5.92. The minimum Gasteiger partial charge on any atom is -0.325 e. The third kappa shape index (κ3) is 5.55. The molecule has 0 aliphatic rings. The molecule has 0 atom stereocenters. The van der Waals surface area contributed by atoms with E-state index < -0.39 is 16.7 Å². The summed E-state index contributed by atoms with van der Waals surface area (Å²) in [5, 5.41) is 13.2. The summed E-state index contributed by atoms with van der Waals surface area (Å²) in [5.74, 6) is -0.340. The molecule has 9 heteroatoms. The first-order valence-electron chi connectivity index (χ1n) is 7.54. The van der Waals surface area contributed by atoms with Crippen LogP contribution in [0.25, 0.3) is 0 Å². The number of likely N-dealkylation sites (N-methyl/N-ethyl adjacent to an activating group) is 1. The van der Waals surface area contributed by atoms with Crippen molar-refractivity contribution in [1.29, 1.82) is 0 Å². The van der Waals surface area contributed by atoms with Crippen molar-refractivity contribution in [2.75, 3.05) is 18.9 Å². The number of amides is 1. The molecule has 6 nitrogen and oxygen atoms in total. The van der Waals surface area contributed by atoms with Gasteiger partial charge in [0.15, 0.2) is 0 Å². The van der Waals surface area contributed by atoms with E-state index in [1.54, 1.807) is 11.9 Å². The van der Waals surface area contributed by atoms with Gasteiger partial charge in [-0.1, -0.05) is 12.1 Å². The van der Waals surface area contributed by atoms with Crippen molar-refractivity contribution in [2.24, 2.45) is 0 Å². The highest BCUT2D eigenvalue weighted by Crippen LogP contribution is 2.29. The Balaban J connectivity index is 1.87. The van der Waals surface area contributed by atoms with Crippen LogP contribution in [0.15, 0.2) is 48.5 Å². The number of hydrogen-bond acceptors (Lipinski definition) is 4. The number of nitrogens with one attached hydrogen (secondary N) is 1. The number of nitro groups is 1. The van der Waals surface area contributed by atoms with Gasteiger partial charge < -0.3 is 5.32 Å². The van der Waals surface area contributed by atoms with E-state index in [0.717, 1.165) is 12.1 Å². The van der Waals surface area contributed by atoms with E-state index in [2.05, 4.69) is 5.32 Å².